The zero-order chi connectivity index (χ0) is 13.1. The van der Waals surface area contributed by atoms with E-state index in [4.69, 9.17) is 0 Å². The molecular formula is C14H18BrNO2. The van der Waals surface area contributed by atoms with Crippen LogP contribution in [0.2, 0.25) is 0 Å². The first-order valence-electron chi connectivity index (χ1n) is 6.30. The summed E-state index contributed by atoms with van der Waals surface area (Å²) in [6, 6.07) is 7.85. The molecule has 2 rings (SSSR count). The Morgan fingerprint density at radius 2 is 2.17 bits per heavy atom. The van der Waals surface area contributed by atoms with Crippen molar-refractivity contribution in [2.24, 2.45) is 0 Å². The van der Waals surface area contributed by atoms with E-state index in [-0.39, 0.29) is 24.5 Å². The van der Waals surface area contributed by atoms with Crippen molar-refractivity contribution in [3.8, 4) is 0 Å². The number of halogens is 1. The third-order valence-electron chi connectivity index (χ3n) is 3.61. The molecule has 0 aromatic heterocycles. The van der Waals surface area contributed by atoms with Crippen LogP contribution in [-0.4, -0.2) is 35.1 Å². The average Bonchev–Trinajstić information content (AvgIpc) is 2.86. The number of amides is 1. The number of carbonyl (C=O) groups is 1. The molecule has 4 heteroatoms. The Hall–Kier alpha value is -0.870. The predicted molar refractivity (Wildman–Crippen MR) is 74.4 cm³/mol. The SMILES string of the molecule is C[C@H](C(=O)N1CCC[C@@H]1CO)c1ccc(Br)cc1. The molecule has 1 aromatic rings. The van der Waals surface area contributed by atoms with E-state index in [0.717, 1.165) is 29.4 Å². The molecular weight excluding hydrogens is 294 g/mol. The molecule has 0 radical (unpaired) electrons. The normalized spacial score (nSPS) is 21.1. The molecule has 3 nitrogen and oxygen atoms in total. The summed E-state index contributed by atoms with van der Waals surface area (Å²) in [5.41, 5.74) is 1.02. The fourth-order valence-corrected chi connectivity index (χ4v) is 2.72. The van der Waals surface area contributed by atoms with E-state index in [2.05, 4.69) is 15.9 Å². The molecule has 1 fully saturated rings. The first-order chi connectivity index (χ1) is 8.63. The quantitative estimate of drug-likeness (QED) is 0.932. The Morgan fingerprint density at radius 1 is 1.50 bits per heavy atom. The number of hydrogen-bond donors (Lipinski definition) is 1. The van der Waals surface area contributed by atoms with Gasteiger partial charge < -0.3 is 10.0 Å². The minimum absolute atomic E-state index is 0.00963. The molecule has 98 valence electrons. The minimum Gasteiger partial charge on any atom is -0.394 e. The van der Waals surface area contributed by atoms with E-state index in [0.29, 0.717) is 0 Å². The van der Waals surface area contributed by atoms with Gasteiger partial charge in [0.1, 0.15) is 0 Å². The standard InChI is InChI=1S/C14H18BrNO2/c1-10(11-4-6-12(15)7-5-11)14(18)16-8-2-3-13(16)9-17/h4-7,10,13,17H,2-3,8-9H2,1H3/t10-,13+/m0/s1. The van der Waals surface area contributed by atoms with Crippen molar-refractivity contribution in [1.29, 1.82) is 0 Å². The van der Waals surface area contributed by atoms with Crippen molar-refractivity contribution >= 4 is 21.8 Å². The number of aliphatic hydroxyl groups is 1. The number of benzene rings is 1. The van der Waals surface area contributed by atoms with Gasteiger partial charge in [0.25, 0.3) is 0 Å². The Labute approximate surface area is 116 Å². The summed E-state index contributed by atoms with van der Waals surface area (Å²) in [5.74, 6) is -0.0286. The van der Waals surface area contributed by atoms with Gasteiger partial charge >= 0.3 is 0 Å². The second-order valence-corrected chi connectivity index (χ2v) is 5.70. The highest BCUT2D eigenvalue weighted by molar-refractivity contribution is 9.10. The minimum atomic E-state index is -0.148. The maximum atomic E-state index is 12.4. The van der Waals surface area contributed by atoms with Crippen LogP contribution in [0.4, 0.5) is 0 Å². The van der Waals surface area contributed by atoms with Gasteiger partial charge in [0.15, 0.2) is 0 Å². The summed E-state index contributed by atoms with van der Waals surface area (Å²) in [6.07, 6.45) is 1.90. The number of likely N-dealkylation sites (tertiary alicyclic amines) is 1. The average molecular weight is 312 g/mol. The maximum absolute atomic E-state index is 12.4. The largest absolute Gasteiger partial charge is 0.394 e. The Bertz CT molecular complexity index is 418. The highest BCUT2D eigenvalue weighted by atomic mass is 79.9. The van der Waals surface area contributed by atoms with Gasteiger partial charge in [-0.05, 0) is 37.5 Å². The molecule has 0 aliphatic carbocycles. The predicted octanol–water partition coefficient (Wildman–Crippen LogP) is 2.54. The monoisotopic (exact) mass is 311 g/mol. The summed E-state index contributed by atoms with van der Waals surface area (Å²) in [6.45, 7) is 2.77. The fourth-order valence-electron chi connectivity index (χ4n) is 2.46. The zero-order valence-electron chi connectivity index (χ0n) is 10.5. The van der Waals surface area contributed by atoms with Gasteiger partial charge in [0, 0.05) is 11.0 Å². The lowest BCUT2D eigenvalue weighted by Gasteiger charge is -2.26. The number of rotatable bonds is 3. The van der Waals surface area contributed by atoms with Crippen LogP contribution in [0.15, 0.2) is 28.7 Å². The van der Waals surface area contributed by atoms with Gasteiger partial charge in [-0.1, -0.05) is 28.1 Å². The molecule has 1 amide bonds. The lowest BCUT2D eigenvalue weighted by Crippen LogP contribution is -2.39. The van der Waals surface area contributed by atoms with Gasteiger partial charge in [-0.25, -0.2) is 0 Å². The fraction of sp³-hybridized carbons (Fsp3) is 0.500. The number of aliphatic hydroxyl groups excluding tert-OH is 1. The third kappa shape index (κ3) is 2.75. The molecule has 18 heavy (non-hydrogen) atoms. The summed E-state index contributed by atoms with van der Waals surface area (Å²) in [4.78, 5) is 14.2. The van der Waals surface area contributed by atoms with Crippen molar-refractivity contribution in [3.63, 3.8) is 0 Å². The highest BCUT2D eigenvalue weighted by Crippen LogP contribution is 2.25. The molecule has 1 aliphatic heterocycles. The van der Waals surface area contributed by atoms with Crippen molar-refractivity contribution in [2.75, 3.05) is 13.2 Å². The van der Waals surface area contributed by atoms with Crippen LogP contribution >= 0.6 is 15.9 Å². The maximum Gasteiger partial charge on any atom is 0.230 e. The second-order valence-electron chi connectivity index (χ2n) is 4.78. The molecule has 1 aliphatic rings. The molecule has 0 saturated carbocycles. The van der Waals surface area contributed by atoms with Crippen LogP contribution in [0.3, 0.4) is 0 Å². The van der Waals surface area contributed by atoms with E-state index in [1.54, 1.807) is 0 Å². The summed E-state index contributed by atoms with van der Waals surface area (Å²) in [7, 11) is 0. The number of hydrogen-bond acceptors (Lipinski definition) is 2. The van der Waals surface area contributed by atoms with E-state index >= 15 is 0 Å². The van der Waals surface area contributed by atoms with Crippen LogP contribution < -0.4 is 0 Å². The van der Waals surface area contributed by atoms with Crippen LogP contribution in [0.5, 0.6) is 0 Å². The van der Waals surface area contributed by atoms with Gasteiger partial charge in [0.05, 0.1) is 18.6 Å². The molecule has 1 heterocycles. The van der Waals surface area contributed by atoms with E-state index in [1.165, 1.54) is 0 Å². The van der Waals surface area contributed by atoms with Crippen LogP contribution in [0.1, 0.15) is 31.2 Å². The van der Waals surface area contributed by atoms with Gasteiger partial charge in [0.2, 0.25) is 5.91 Å². The third-order valence-corrected chi connectivity index (χ3v) is 4.14. The van der Waals surface area contributed by atoms with E-state index in [9.17, 15) is 9.90 Å². The zero-order valence-corrected chi connectivity index (χ0v) is 12.1. The molecule has 1 aromatic carbocycles. The van der Waals surface area contributed by atoms with Crippen LogP contribution in [0, 0.1) is 0 Å². The van der Waals surface area contributed by atoms with Gasteiger partial charge in [-0.3, -0.25) is 4.79 Å². The molecule has 1 N–H and O–H groups in total. The van der Waals surface area contributed by atoms with Crippen molar-refractivity contribution in [3.05, 3.63) is 34.3 Å². The summed E-state index contributed by atoms with van der Waals surface area (Å²) in [5, 5.41) is 9.27. The van der Waals surface area contributed by atoms with Crippen molar-refractivity contribution in [1.82, 2.24) is 4.90 Å². The van der Waals surface area contributed by atoms with Crippen LogP contribution in [-0.2, 0) is 4.79 Å². The molecule has 0 bridgehead atoms. The first-order valence-corrected chi connectivity index (χ1v) is 7.09. The lowest BCUT2D eigenvalue weighted by atomic mass is 9.99. The molecule has 0 spiro atoms. The van der Waals surface area contributed by atoms with Gasteiger partial charge in [-0.2, -0.15) is 0 Å². The van der Waals surface area contributed by atoms with Crippen LogP contribution in [0.25, 0.3) is 0 Å². The number of carbonyl (C=O) groups excluding carboxylic acids is 1. The second kappa shape index (κ2) is 5.85. The molecule has 0 unspecified atom stereocenters. The topological polar surface area (TPSA) is 40.5 Å². The highest BCUT2D eigenvalue weighted by Gasteiger charge is 2.31. The Balaban J connectivity index is 2.11. The number of nitrogens with zero attached hydrogens (tertiary/aromatic N) is 1. The van der Waals surface area contributed by atoms with Crippen molar-refractivity contribution < 1.29 is 9.90 Å². The Kier molecular flexibility index (Phi) is 4.40. The summed E-state index contributed by atoms with van der Waals surface area (Å²) < 4.78 is 1.01. The lowest BCUT2D eigenvalue weighted by molar-refractivity contribution is -0.133. The summed E-state index contributed by atoms with van der Waals surface area (Å²) >= 11 is 3.39. The van der Waals surface area contributed by atoms with Crippen molar-refractivity contribution in [2.45, 2.75) is 31.7 Å². The molecule has 2 atom stereocenters. The smallest absolute Gasteiger partial charge is 0.230 e. The Morgan fingerprint density at radius 3 is 2.78 bits per heavy atom. The van der Waals surface area contributed by atoms with E-state index < -0.39 is 0 Å². The molecule has 1 saturated heterocycles. The first kappa shape index (κ1) is 13.6. The van der Waals surface area contributed by atoms with E-state index in [1.807, 2.05) is 36.1 Å². The van der Waals surface area contributed by atoms with Gasteiger partial charge in [-0.15, -0.1) is 0 Å².